The lowest BCUT2D eigenvalue weighted by atomic mass is 9.67. The lowest BCUT2D eigenvalue weighted by Crippen LogP contribution is -2.46. The fourth-order valence-electron chi connectivity index (χ4n) is 3.99. The van der Waals surface area contributed by atoms with Crippen LogP contribution >= 0.6 is 24.0 Å². The molecule has 1 aromatic carbocycles. The highest BCUT2D eigenvalue weighted by atomic mass is 127. The Morgan fingerprint density at radius 3 is 2.40 bits per heavy atom. The lowest BCUT2D eigenvalue weighted by molar-refractivity contribution is 0.0729. The van der Waals surface area contributed by atoms with Gasteiger partial charge in [-0.25, -0.2) is 8.42 Å². The third-order valence-corrected chi connectivity index (χ3v) is 8.11. The summed E-state index contributed by atoms with van der Waals surface area (Å²) in [4.78, 5) is 4.33. The van der Waals surface area contributed by atoms with Crippen molar-refractivity contribution in [2.24, 2.45) is 10.4 Å². The number of benzene rings is 1. The van der Waals surface area contributed by atoms with Gasteiger partial charge in [0.1, 0.15) is 0 Å². The maximum absolute atomic E-state index is 12.8. The Morgan fingerprint density at radius 2 is 1.83 bits per heavy atom. The van der Waals surface area contributed by atoms with E-state index in [0.29, 0.717) is 38.3 Å². The topological polar surface area (TPSA) is 83.0 Å². The average molecular weight is 551 g/mol. The van der Waals surface area contributed by atoms with Crippen molar-refractivity contribution in [1.29, 1.82) is 0 Å². The van der Waals surface area contributed by atoms with E-state index in [1.54, 1.807) is 7.05 Å². The average Bonchev–Trinajstić information content (AvgIpc) is 2.71. The van der Waals surface area contributed by atoms with Gasteiger partial charge in [0.15, 0.2) is 5.96 Å². The van der Waals surface area contributed by atoms with Crippen molar-refractivity contribution >= 4 is 40.0 Å². The van der Waals surface area contributed by atoms with E-state index < -0.39 is 10.0 Å². The van der Waals surface area contributed by atoms with Crippen molar-refractivity contribution in [3.05, 3.63) is 35.4 Å². The van der Waals surface area contributed by atoms with Gasteiger partial charge in [-0.05, 0) is 35.8 Å². The molecule has 3 rings (SSSR count). The fourth-order valence-corrected chi connectivity index (χ4v) is 5.55. The zero-order valence-electron chi connectivity index (χ0n) is 18.0. The maximum Gasteiger partial charge on any atom is 0.218 e. The number of sulfonamides is 1. The largest absolute Gasteiger partial charge is 0.379 e. The van der Waals surface area contributed by atoms with Gasteiger partial charge in [-0.15, -0.1) is 24.0 Å². The highest BCUT2D eigenvalue weighted by Crippen LogP contribution is 2.42. The van der Waals surface area contributed by atoms with Crippen molar-refractivity contribution in [2.45, 2.75) is 44.9 Å². The summed E-state index contributed by atoms with van der Waals surface area (Å²) in [6.07, 6.45) is 5.04. The Labute approximate surface area is 198 Å². The minimum atomic E-state index is -3.35. The van der Waals surface area contributed by atoms with Crippen LogP contribution in [0, 0.1) is 5.41 Å². The van der Waals surface area contributed by atoms with Crippen LogP contribution in [0.25, 0.3) is 0 Å². The van der Waals surface area contributed by atoms with Gasteiger partial charge in [0, 0.05) is 33.2 Å². The van der Waals surface area contributed by atoms with Crippen LogP contribution in [-0.2, 0) is 27.1 Å². The van der Waals surface area contributed by atoms with Crippen LogP contribution in [0.4, 0.5) is 0 Å². The Hall–Kier alpha value is -0.910. The number of hydrogen-bond acceptors (Lipinski definition) is 4. The molecule has 0 bridgehead atoms. The van der Waals surface area contributed by atoms with E-state index in [2.05, 4.69) is 22.5 Å². The van der Waals surface area contributed by atoms with Crippen LogP contribution in [0.3, 0.4) is 0 Å². The molecule has 170 valence electrons. The molecule has 1 heterocycles. The number of guanidine groups is 1. The number of nitrogens with zero attached hydrogens (tertiary/aromatic N) is 2. The highest BCUT2D eigenvalue weighted by molar-refractivity contribution is 14.0. The van der Waals surface area contributed by atoms with Crippen molar-refractivity contribution < 1.29 is 13.2 Å². The number of morpholine rings is 1. The molecule has 0 atom stereocenters. The highest BCUT2D eigenvalue weighted by Gasteiger charge is 2.34. The number of rotatable bonds is 8. The molecule has 2 fully saturated rings. The molecular weight excluding hydrogens is 515 g/mol. The number of ether oxygens (including phenoxy) is 1. The first-order chi connectivity index (χ1) is 14.0. The smallest absolute Gasteiger partial charge is 0.218 e. The van der Waals surface area contributed by atoms with Crippen LogP contribution in [0.1, 0.15) is 43.7 Å². The summed E-state index contributed by atoms with van der Waals surface area (Å²) in [6, 6.07) is 7.70. The molecule has 0 radical (unpaired) electrons. The summed E-state index contributed by atoms with van der Waals surface area (Å²) in [7, 11) is -1.58. The second-order valence-electron chi connectivity index (χ2n) is 8.02. The Bertz CT molecular complexity index is 801. The molecule has 0 amide bonds. The summed E-state index contributed by atoms with van der Waals surface area (Å²) in [5.74, 6) is 0.770. The minimum absolute atomic E-state index is 0. The van der Waals surface area contributed by atoms with E-state index >= 15 is 0 Å². The predicted octanol–water partition coefficient (Wildman–Crippen LogP) is 2.71. The van der Waals surface area contributed by atoms with E-state index in [0.717, 1.165) is 23.6 Å². The minimum Gasteiger partial charge on any atom is -0.379 e. The Morgan fingerprint density at radius 1 is 1.17 bits per heavy atom. The van der Waals surface area contributed by atoms with Gasteiger partial charge in [-0.3, -0.25) is 4.99 Å². The van der Waals surface area contributed by atoms with Gasteiger partial charge in [-0.1, -0.05) is 37.6 Å². The quantitative estimate of drug-likeness (QED) is 0.296. The summed E-state index contributed by atoms with van der Waals surface area (Å²) in [6.45, 7) is 5.50. The molecule has 0 aromatic heterocycles. The molecule has 2 aliphatic rings. The molecular formula is C21H35IN4O3S. The molecule has 0 unspecified atom stereocenters. The molecule has 7 nitrogen and oxygen atoms in total. The molecule has 0 spiro atoms. The Kier molecular flexibility index (Phi) is 9.83. The third kappa shape index (κ3) is 6.54. The van der Waals surface area contributed by atoms with E-state index in [1.165, 1.54) is 30.0 Å². The zero-order chi connectivity index (χ0) is 20.7. The van der Waals surface area contributed by atoms with E-state index in [9.17, 15) is 8.42 Å². The number of hydrogen-bond donors (Lipinski definition) is 2. The second kappa shape index (κ2) is 11.6. The SMILES string of the molecule is CCC1(CNC(=NC)NCc2ccccc2CS(=O)(=O)N2CCOCC2)CCC1.I. The summed E-state index contributed by atoms with van der Waals surface area (Å²) in [5, 5.41) is 6.80. The van der Waals surface area contributed by atoms with E-state index in [4.69, 9.17) is 4.74 Å². The van der Waals surface area contributed by atoms with Gasteiger partial charge in [0.2, 0.25) is 10.0 Å². The monoisotopic (exact) mass is 550 g/mol. The molecule has 30 heavy (non-hydrogen) atoms. The number of aliphatic imine (C=N–C) groups is 1. The van der Waals surface area contributed by atoms with Gasteiger partial charge >= 0.3 is 0 Å². The predicted molar refractivity (Wildman–Crippen MR) is 132 cm³/mol. The van der Waals surface area contributed by atoms with Crippen LogP contribution in [0.5, 0.6) is 0 Å². The molecule has 1 aliphatic heterocycles. The van der Waals surface area contributed by atoms with Crippen molar-refractivity contribution in [1.82, 2.24) is 14.9 Å². The van der Waals surface area contributed by atoms with Crippen LogP contribution < -0.4 is 10.6 Å². The van der Waals surface area contributed by atoms with Crippen molar-refractivity contribution in [3.8, 4) is 0 Å². The maximum atomic E-state index is 12.8. The van der Waals surface area contributed by atoms with Crippen molar-refractivity contribution in [3.63, 3.8) is 0 Å². The molecule has 1 saturated carbocycles. The van der Waals surface area contributed by atoms with Crippen molar-refractivity contribution in [2.75, 3.05) is 39.9 Å². The van der Waals surface area contributed by atoms with Crippen LogP contribution in [-0.4, -0.2) is 58.6 Å². The van der Waals surface area contributed by atoms with Gasteiger partial charge in [-0.2, -0.15) is 4.31 Å². The zero-order valence-corrected chi connectivity index (χ0v) is 21.2. The first-order valence-electron chi connectivity index (χ1n) is 10.5. The normalized spacial score (nSPS) is 19.5. The molecule has 2 N–H and O–H groups in total. The van der Waals surface area contributed by atoms with Gasteiger partial charge in [0.25, 0.3) is 0 Å². The number of halogens is 1. The summed E-state index contributed by atoms with van der Waals surface area (Å²) in [5.41, 5.74) is 2.20. The van der Waals surface area contributed by atoms with Crippen LogP contribution in [0.15, 0.2) is 29.3 Å². The van der Waals surface area contributed by atoms with E-state index in [1.807, 2.05) is 24.3 Å². The summed E-state index contributed by atoms with van der Waals surface area (Å²) < 4.78 is 32.4. The molecule has 1 saturated heterocycles. The molecule has 9 heteroatoms. The van der Waals surface area contributed by atoms with Gasteiger partial charge in [0.05, 0.1) is 19.0 Å². The third-order valence-electron chi connectivity index (χ3n) is 6.28. The first-order valence-corrected chi connectivity index (χ1v) is 12.2. The summed E-state index contributed by atoms with van der Waals surface area (Å²) >= 11 is 0. The fraction of sp³-hybridized carbons (Fsp3) is 0.667. The Balaban J connectivity index is 0.00000320. The molecule has 1 aromatic rings. The van der Waals surface area contributed by atoms with Gasteiger partial charge < -0.3 is 15.4 Å². The van der Waals surface area contributed by atoms with Crippen LogP contribution in [0.2, 0.25) is 0 Å². The number of nitrogens with one attached hydrogen (secondary N) is 2. The standard InChI is InChI=1S/C21H34N4O3S.HI/c1-3-21(9-6-10-21)17-24-20(22-2)23-15-18-7-4-5-8-19(18)16-29(26,27)25-11-13-28-14-12-25;/h4-5,7-8H,3,6,9-17H2,1-2H3,(H2,22,23,24);1H. The first kappa shape index (κ1) is 25.4. The second-order valence-corrected chi connectivity index (χ2v) is 9.99. The molecule has 1 aliphatic carbocycles. The lowest BCUT2D eigenvalue weighted by Gasteiger charge is -2.41. The van der Waals surface area contributed by atoms with E-state index in [-0.39, 0.29) is 29.7 Å².